The van der Waals surface area contributed by atoms with Gasteiger partial charge in [-0.1, -0.05) is 35.9 Å². The van der Waals surface area contributed by atoms with E-state index in [-0.39, 0.29) is 0 Å². The third kappa shape index (κ3) is 3.03. The summed E-state index contributed by atoms with van der Waals surface area (Å²) < 4.78 is 0. The fraction of sp³-hybridized carbons (Fsp3) is 0.143. The van der Waals surface area contributed by atoms with Crippen molar-refractivity contribution in [1.29, 1.82) is 0 Å². The Labute approximate surface area is 106 Å². The van der Waals surface area contributed by atoms with E-state index in [9.17, 15) is 0 Å². The molecule has 0 aliphatic carbocycles. The molecule has 0 amide bonds. The van der Waals surface area contributed by atoms with Gasteiger partial charge in [-0.25, -0.2) is 0 Å². The largest absolute Gasteiger partial charge is 0.130 e. The van der Waals surface area contributed by atoms with E-state index in [0.717, 1.165) is 11.4 Å². The molecule has 0 saturated carbocycles. The van der Waals surface area contributed by atoms with Crippen LogP contribution in [0.15, 0.2) is 53.4 Å². The standard InChI is InChI=1S/C14H13ClS/c1-16-14-8-4-12(5-9-14)10-11-2-6-13(15)7-3-11/h2-9H,10H2,1H3. The summed E-state index contributed by atoms with van der Waals surface area (Å²) >= 11 is 7.62. The van der Waals surface area contributed by atoms with Gasteiger partial charge in [-0.05, 0) is 48.1 Å². The molecule has 0 N–H and O–H groups in total. The molecular weight excluding hydrogens is 236 g/mol. The minimum atomic E-state index is 0.793. The SMILES string of the molecule is CSc1ccc(Cc2ccc(Cl)cc2)cc1. The van der Waals surface area contributed by atoms with E-state index in [1.807, 2.05) is 12.1 Å². The molecule has 2 aromatic rings. The molecule has 0 radical (unpaired) electrons. The Morgan fingerprint density at radius 2 is 1.38 bits per heavy atom. The van der Waals surface area contributed by atoms with Gasteiger partial charge in [0.25, 0.3) is 0 Å². The predicted molar refractivity (Wildman–Crippen MR) is 72.5 cm³/mol. The molecule has 2 rings (SSSR count). The third-order valence-electron chi connectivity index (χ3n) is 2.48. The summed E-state index contributed by atoms with van der Waals surface area (Å²) in [5.74, 6) is 0. The van der Waals surface area contributed by atoms with Gasteiger partial charge in [0, 0.05) is 9.92 Å². The van der Waals surface area contributed by atoms with Crippen LogP contribution in [-0.4, -0.2) is 6.26 Å². The smallest absolute Gasteiger partial charge is 0.0406 e. The molecule has 0 spiro atoms. The second-order valence-electron chi connectivity index (χ2n) is 3.65. The van der Waals surface area contributed by atoms with E-state index in [0.29, 0.717) is 0 Å². The summed E-state index contributed by atoms with van der Waals surface area (Å²) in [5.41, 5.74) is 2.63. The summed E-state index contributed by atoms with van der Waals surface area (Å²) in [6, 6.07) is 16.7. The molecule has 0 atom stereocenters. The first-order chi connectivity index (χ1) is 7.78. The first-order valence-electron chi connectivity index (χ1n) is 5.15. The Morgan fingerprint density at radius 3 is 1.88 bits per heavy atom. The second kappa shape index (κ2) is 5.42. The maximum atomic E-state index is 5.85. The molecule has 0 bridgehead atoms. The number of hydrogen-bond donors (Lipinski definition) is 0. The minimum absolute atomic E-state index is 0.793. The van der Waals surface area contributed by atoms with Crippen LogP contribution in [0.1, 0.15) is 11.1 Å². The molecule has 0 saturated heterocycles. The van der Waals surface area contributed by atoms with Gasteiger partial charge in [0.15, 0.2) is 0 Å². The fourth-order valence-electron chi connectivity index (χ4n) is 1.58. The maximum absolute atomic E-state index is 5.85. The highest BCUT2D eigenvalue weighted by Gasteiger charge is 1.97. The maximum Gasteiger partial charge on any atom is 0.0406 e. The average molecular weight is 249 g/mol. The summed E-state index contributed by atoms with van der Waals surface area (Å²) in [6.07, 6.45) is 3.06. The van der Waals surface area contributed by atoms with Crippen LogP contribution >= 0.6 is 23.4 Å². The van der Waals surface area contributed by atoms with Crippen LogP contribution in [0.4, 0.5) is 0 Å². The van der Waals surface area contributed by atoms with E-state index in [4.69, 9.17) is 11.6 Å². The Bertz CT molecular complexity index is 445. The van der Waals surface area contributed by atoms with Crippen molar-refractivity contribution in [2.75, 3.05) is 6.26 Å². The lowest BCUT2D eigenvalue weighted by molar-refractivity contribution is 1.18. The highest BCUT2D eigenvalue weighted by atomic mass is 35.5. The second-order valence-corrected chi connectivity index (χ2v) is 4.97. The Morgan fingerprint density at radius 1 is 0.875 bits per heavy atom. The first-order valence-corrected chi connectivity index (χ1v) is 6.75. The summed E-state index contributed by atoms with van der Waals surface area (Å²) in [5, 5.41) is 0.793. The van der Waals surface area contributed by atoms with Crippen LogP contribution in [0, 0.1) is 0 Å². The van der Waals surface area contributed by atoms with E-state index in [1.165, 1.54) is 16.0 Å². The zero-order chi connectivity index (χ0) is 11.4. The van der Waals surface area contributed by atoms with Gasteiger partial charge >= 0.3 is 0 Å². The van der Waals surface area contributed by atoms with E-state index in [2.05, 4.69) is 42.7 Å². The number of thioether (sulfide) groups is 1. The van der Waals surface area contributed by atoms with Crippen LogP contribution < -0.4 is 0 Å². The molecule has 2 heteroatoms. The molecule has 16 heavy (non-hydrogen) atoms. The van der Waals surface area contributed by atoms with Crippen LogP contribution in [0.5, 0.6) is 0 Å². The van der Waals surface area contributed by atoms with Crippen molar-refractivity contribution in [2.45, 2.75) is 11.3 Å². The molecule has 0 aromatic heterocycles. The summed E-state index contributed by atoms with van der Waals surface area (Å²) in [6.45, 7) is 0. The van der Waals surface area contributed by atoms with Crippen molar-refractivity contribution in [3.63, 3.8) is 0 Å². The predicted octanol–water partition coefficient (Wildman–Crippen LogP) is 4.65. The Balaban J connectivity index is 2.11. The molecule has 0 aliphatic rings. The average Bonchev–Trinajstić information content (AvgIpc) is 2.33. The lowest BCUT2D eigenvalue weighted by Gasteiger charge is -2.03. The molecule has 0 aliphatic heterocycles. The highest BCUT2D eigenvalue weighted by Crippen LogP contribution is 2.17. The van der Waals surface area contributed by atoms with Gasteiger partial charge in [0.05, 0.1) is 0 Å². The van der Waals surface area contributed by atoms with Crippen molar-refractivity contribution in [1.82, 2.24) is 0 Å². The lowest BCUT2D eigenvalue weighted by Crippen LogP contribution is -1.87. The van der Waals surface area contributed by atoms with Gasteiger partial charge in [0.1, 0.15) is 0 Å². The topological polar surface area (TPSA) is 0 Å². The third-order valence-corrected chi connectivity index (χ3v) is 3.48. The quantitative estimate of drug-likeness (QED) is 0.713. The van der Waals surface area contributed by atoms with Crippen molar-refractivity contribution in [3.8, 4) is 0 Å². The Hall–Kier alpha value is -0.920. The van der Waals surface area contributed by atoms with Gasteiger partial charge < -0.3 is 0 Å². The summed E-state index contributed by atoms with van der Waals surface area (Å²) in [7, 11) is 0. The molecule has 82 valence electrons. The molecule has 0 heterocycles. The van der Waals surface area contributed by atoms with Gasteiger partial charge in [-0.2, -0.15) is 0 Å². The molecule has 0 fully saturated rings. The molecule has 2 aromatic carbocycles. The van der Waals surface area contributed by atoms with Crippen molar-refractivity contribution in [3.05, 3.63) is 64.7 Å². The van der Waals surface area contributed by atoms with Crippen molar-refractivity contribution >= 4 is 23.4 Å². The zero-order valence-corrected chi connectivity index (χ0v) is 10.7. The van der Waals surface area contributed by atoms with Gasteiger partial charge in [-0.15, -0.1) is 11.8 Å². The monoisotopic (exact) mass is 248 g/mol. The molecular formula is C14H13ClS. The number of benzene rings is 2. The van der Waals surface area contributed by atoms with Crippen LogP contribution in [0.3, 0.4) is 0 Å². The van der Waals surface area contributed by atoms with Crippen molar-refractivity contribution in [2.24, 2.45) is 0 Å². The van der Waals surface area contributed by atoms with Crippen LogP contribution in [0.25, 0.3) is 0 Å². The fourth-order valence-corrected chi connectivity index (χ4v) is 2.12. The van der Waals surface area contributed by atoms with Crippen LogP contribution in [0.2, 0.25) is 5.02 Å². The Kier molecular flexibility index (Phi) is 3.92. The number of hydrogen-bond acceptors (Lipinski definition) is 1. The normalized spacial score (nSPS) is 10.4. The van der Waals surface area contributed by atoms with E-state index >= 15 is 0 Å². The minimum Gasteiger partial charge on any atom is -0.130 e. The highest BCUT2D eigenvalue weighted by molar-refractivity contribution is 7.98. The molecule has 0 unspecified atom stereocenters. The van der Waals surface area contributed by atoms with E-state index < -0.39 is 0 Å². The van der Waals surface area contributed by atoms with Gasteiger partial charge in [0.2, 0.25) is 0 Å². The summed E-state index contributed by atoms with van der Waals surface area (Å²) in [4.78, 5) is 1.31. The van der Waals surface area contributed by atoms with Crippen molar-refractivity contribution < 1.29 is 0 Å². The van der Waals surface area contributed by atoms with Gasteiger partial charge in [-0.3, -0.25) is 0 Å². The lowest BCUT2D eigenvalue weighted by atomic mass is 10.1. The number of halogens is 1. The number of rotatable bonds is 3. The van der Waals surface area contributed by atoms with Crippen LogP contribution in [-0.2, 0) is 6.42 Å². The zero-order valence-electron chi connectivity index (χ0n) is 9.11. The van der Waals surface area contributed by atoms with E-state index in [1.54, 1.807) is 11.8 Å². The molecule has 0 nitrogen and oxygen atoms in total. The first kappa shape index (κ1) is 11.6.